The molecule has 1 nitrogen and oxygen atoms in total. The van der Waals surface area contributed by atoms with Crippen molar-refractivity contribution in [2.24, 2.45) is 0 Å². The van der Waals surface area contributed by atoms with Crippen LogP contribution in [0.15, 0.2) is 0 Å². The monoisotopic (exact) mass is 235 g/mol. The lowest BCUT2D eigenvalue weighted by Gasteiger charge is -2.21. The van der Waals surface area contributed by atoms with Gasteiger partial charge in [0.25, 0.3) is 0 Å². The maximum absolute atomic E-state index is 3.64. The van der Waals surface area contributed by atoms with E-state index in [0.717, 1.165) is 5.33 Å². The Kier molecular flexibility index (Phi) is 8.35. The number of rotatable bonds is 7. The number of hydrogen-bond donors (Lipinski definition) is 1. The van der Waals surface area contributed by atoms with E-state index < -0.39 is 0 Å². The normalized spacial score (nSPS) is 16.0. The van der Waals surface area contributed by atoms with Gasteiger partial charge in [-0.15, -0.1) is 0 Å². The Bertz CT molecular complexity index is 95.8. The van der Waals surface area contributed by atoms with Gasteiger partial charge in [-0.1, -0.05) is 36.2 Å². The molecule has 0 saturated carbocycles. The van der Waals surface area contributed by atoms with E-state index in [0.29, 0.717) is 12.1 Å². The highest BCUT2D eigenvalue weighted by atomic mass is 79.9. The van der Waals surface area contributed by atoms with Crippen LogP contribution in [0.1, 0.15) is 46.5 Å². The third kappa shape index (κ3) is 6.01. The van der Waals surface area contributed by atoms with Gasteiger partial charge in [-0.2, -0.15) is 0 Å². The molecule has 12 heavy (non-hydrogen) atoms. The summed E-state index contributed by atoms with van der Waals surface area (Å²) in [5, 5.41) is 4.75. The zero-order valence-electron chi connectivity index (χ0n) is 8.57. The molecule has 0 spiro atoms. The molecule has 0 radical (unpaired) electrons. The fraction of sp³-hybridized carbons (Fsp3) is 1.00. The van der Waals surface area contributed by atoms with Gasteiger partial charge in [0.15, 0.2) is 0 Å². The van der Waals surface area contributed by atoms with E-state index in [2.05, 4.69) is 42.0 Å². The van der Waals surface area contributed by atoms with E-state index in [4.69, 9.17) is 0 Å². The first-order valence-corrected chi connectivity index (χ1v) is 6.18. The van der Waals surface area contributed by atoms with Crippen LogP contribution in [0.25, 0.3) is 0 Å². The highest BCUT2D eigenvalue weighted by Crippen LogP contribution is 2.04. The first kappa shape index (κ1) is 12.4. The molecule has 0 fully saturated rings. The number of alkyl halides is 1. The van der Waals surface area contributed by atoms with Gasteiger partial charge in [-0.05, 0) is 26.2 Å². The van der Waals surface area contributed by atoms with Gasteiger partial charge in [0.2, 0.25) is 0 Å². The van der Waals surface area contributed by atoms with E-state index in [1.54, 1.807) is 0 Å². The quantitative estimate of drug-likeness (QED) is 0.668. The van der Waals surface area contributed by atoms with Crippen molar-refractivity contribution < 1.29 is 0 Å². The van der Waals surface area contributed by atoms with Crippen molar-refractivity contribution in [2.75, 3.05) is 5.33 Å². The Hall–Kier alpha value is 0.440. The second-order valence-corrected chi connectivity index (χ2v) is 4.23. The van der Waals surface area contributed by atoms with Crippen LogP contribution in [-0.2, 0) is 0 Å². The van der Waals surface area contributed by atoms with Crippen molar-refractivity contribution in [3.63, 3.8) is 0 Å². The van der Waals surface area contributed by atoms with Crippen molar-refractivity contribution in [2.45, 2.75) is 58.5 Å². The molecule has 0 aliphatic carbocycles. The lowest BCUT2D eigenvalue weighted by molar-refractivity contribution is 0.409. The fourth-order valence-corrected chi connectivity index (χ4v) is 2.01. The second-order valence-electron chi connectivity index (χ2n) is 3.44. The third-order valence-corrected chi connectivity index (χ3v) is 2.65. The van der Waals surface area contributed by atoms with Gasteiger partial charge in [-0.25, -0.2) is 0 Å². The smallest absolute Gasteiger partial charge is 0.00748 e. The van der Waals surface area contributed by atoms with Crippen molar-refractivity contribution in [1.82, 2.24) is 5.32 Å². The van der Waals surface area contributed by atoms with Gasteiger partial charge in [-0.3, -0.25) is 0 Å². The maximum Gasteiger partial charge on any atom is 0.00748 e. The van der Waals surface area contributed by atoms with Crippen LogP contribution in [0.5, 0.6) is 0 Å². The summed E-state index contributed by atoms with van der Waals surface area (Å²) >= 11 is 3.48. The Labute approximate surface area is 85.4 Å². The lowest BCUT2D eigenvalue weighted by atomic mass is 10.1. The highest BCUT2D eigenvalue weighted by Gasteiger charge is 2.07. The van der Waals surface area contributed by atoms with E-state index in [1.165, 1.54) is 25.7 Å². The number of hydrogen-bond acceptors (Lipinski definition) is 1. The highest BCUT2D eigenvalue weighted by molar-refractivity contribution is 9.09. The molecule has 0 amide bonds. The Balaban J connectivity index is 3.53. The Morgan fingerprint density at radius 2 is 1.92 bits per heavy atom. The van der Waals surface area contributed by atoms with Gasteiger partial charge < -0.3 is 5.32 Å². The molecular formula is C10H22BrN. The maximum atomic E-state index is 3.64. The van der Waals surface area contributed by atoms with Crippen molar-refractivity contribution >= 4 is 15.9 Å². The molecular weight excluding hydrogens is 214 g/mol. The SMILES string of the molecule is CCCC(C)NC(CC)CCBr. The minimum Gasteiger partial charge on any atom is -0.311 e. The molecule has 2 unspecified atom stereocenters. The Morgan fingerprint density at radius 3 is 2.33 bits per heavy atom. The zero-order chi connectivity index (χ0) is 9.40. The van der Waals surface area contributed by atoms with E-state index >= 15 is 0 Å². The molecule has 0 aliphatic rings. The average Bonchev–Trinajstić information content (AvgIpc) is 2.04. The summed E-state index contributed by atoms with van der Waals surface area (Å²) in [7, 11) is 0. The largest absolute Gasteiger partial charge is 0.311 e. The Morgan fingerprint density at radius 1 is 1.25 bits per heavy atom. The average molecular weight is 236 g/mol. The second kappa shape index (κ2) is 8.06. The standard InChI is InChI=1S/C10H22BrN/c1-4-6-9(3)12-10(5-2)7-8-11/h9-10,12H,4-8H2,1-3H3. The van der Waals surface area contributed by atoms with Crippen molar-refractivity contribution in [3.8, 4) is 0 Å². The van der Waals surface area contributed by atoms with Crippen molar-refractivity contribution in [3.05, 3.63) is 0 Å². The molecule has 2 atom stereocenters. The van der Waals surface area contributed by atoms with E-state index in [-0.39, 0.29) is 0 Å². The van der Waals surface area contributed by atoms with Crippen molar-refractivity contribution in [1.29, 1.82) is 0 Å². The minimum atomic E-state index is 0.680. The first-order chi connectivity index (χ1) is 5.74. The predicted octanol–water partition coefficient (Wildman–Crippen LogP) is 3.33. The summed E-state index contributed by atoms with van der Waals surface area (Å²) in [6.45, 7) is 6.77. The van der Waals surface area contributed by atoms with Gasteiger partial charge in [0, 0.05) is 17.4 Å². The molecule has 1 N–H and O–H groups in total. The van der Waals surface area contributed by atoms with Crippen LogP contribution in [-0.4, -0.2) is 17.4 Å². The molecule has 0 heterocycles. The molecule has 2 heteroatoms. The van der Waals surface area contributed by atoms with Crippen LogP contribution in [0, 0.1) is 0 Å². The van der Waals surface area contributed by atoms with Gasteiger partial charge in [0.1, 0.15) is 0 Å². The van der Waals surface area contributed by atoms with Crippen LogP contribution < -0.4 is 5.32 Å². The molecule has 74 valence electrons. The van der Waals surface area contributed by atoms with E-state index in [1.807, 2.05) is 0 Å². The van der Waals surface area contributed by atoms with Crippen LogP contribution in [0.3, 0.4) is 0 Å². The van der Waals surface area contributed by atoms with Crippen LogP contribution in [0.2, 0.25) is 0 Å². The van der Waals surface area contributed by atoms with Gasteiger partial charge >= 0.3 is 0 Å². The molecule has 0 aromatic heterocycles. The van der Waals surface area contributed by atoms with E-state index in [9.17, 15) is 0 Å². The van der Waals surface area contributed by atoms with Gasteiger partial charge in [0.05, 0.1) is 0 Å². The predicted molar refractivity (Wildman–Crippen MR) is 60.0 cm³/mol. The summed E-state index contributed by atoms with van der Waals surface area (Å²) < 4.78 is 0. The number of nitrogens with one attached hydrogen (secondary N) is 1. The molecule has 0 saturated heterocycles. The molecule has 0 aliphatic heterocycles. The summed E-state index contributed by atoms with van der Waals surface area (Å²) in [6.07, 6.45) is 5.04. The third-order valence-electron chi connectivity index (χ3n) is 2.19. The first-order valence-electron chi connectivity index (χ1n) is 5.06. The summed E-state index contributed by atoms with van der Waals surface area (Å²) in [4.78, 5) is 0. The lowest BCUT2D eigenvalue weighted by Crippen LogP contribution is -2.36. The topological polar surface area (TPSA) is 12.0 Å². The summed E-state index contributed by atoms with van der Waals surface area (Å²) in [6, 6.07) is 1.38. The minimum absolute atomic E-state index is 0.680. The number of halogens is 1. The summed E-state index contributed by atoms with van der Waals surface area (Å²) in [5.74, 6) is 0. The molecule has 0 rings (SSSR count). The molecule has 0 aromatic carbocycles. The fourth-order valence-electron chi connectivity index (χ4n) is 1.46. The van der Waals surface area contributed by atoms with Crippen LogP contribution >= 0.6 is 15.9 Å². The van der Waals surface area contributed by atoms with Crippen LogP contribution in [0.4, 0.5) is 0 Å². The molecule has 0 bridgehead atoms. The molecule has 0 aromatic rings. The summed E-state index contributed by atoms with van der Waals surface area (Å²) in [5.41, 5.74) is 0. The zero-order valence-corrected chi connectivity index (χ0v) is 10.2.